The van der Waals surface area contributed by atoms with Crippen molar-refractivity contribution < 1.29 is 18.4 Å². The van der Waals surface area contributed by atoms with Gasteiger partial charge in [-0.15, -0.1) is 0 Å². The summed E-state index contributed by atoms with van der Waals surface area (Å²) in [4.78, 5) is 12.3. The summed E-state index contributed by atoms with van der Waals surface area (Å²) < 4.78 is 32.5. The van der Waals surface area contributed by atoms with Gasteiger partial charge >= 0.3 is 5.69 Å². The van der Waals surface area contributed by atoms with Crippen molar-refractivity contribution in [1.82, 2.24) is 0 Å². The van der Waals surface area contributed by atoms with Crippen LogP contribution in [-0.2, 0) is 11.3 Å². The number of benzene rings is 2. The highest BCUT2D eigenvalue weighted by Crippen LogP contribution is 2.32. The summed E-state index contributed by atoms with van der Waals surface area (Å²) in [6.45, 7) is 1.50. The van der Waals surface area contributed by atoms with Gasteiger partial charge in [0.2, 0.25) is 5.82 Å². The second-order valence-electron chi connectivity index (χ2n) is 5.99. The average molecular weight is 348 g/mol. The van der Waals surface area contributed by atoms with E-state index in [1.807, 2.05) is 4.90 Å². The van der Waals surface area contributed by atoms with Crippen LogP contribution < -0.4 is 4.90 Å². The molecule has 0 spiro atoms. The van der Waals surface area contributed by atoms with Crippen molar-refractivity contribution in [1.29, 1.82) is 0 Å². The van der Waals surface area contributed by atoms with Gasteiger partial charge in [0, 0.05) is 13.1 Å². The van der Waals surface area contributed by atoms with E-state index in [4.69, 9.17) is 4.74 Å². The second kappa shape index (κ2) is 7.57. The first kappa shape index (κ1) is 17.3. The Bertz CT molecular complexity index is 744. The molecule has 1 saturated heterocycles. The third-order valence-corrected chi connectivity index (χ3v) is 4.33. The summed E-state index contributed by atoms with van der Waals surface area (Å²) in [5.74, 6) is -1.11. The molecule has 0 atom stereocenters. The zero-order chi connectivity index (χ0) is 17.8. The van der Waals surface area contributed by atoms with Crippen molar-refractivity contribution in [2.75, 3.05) is 18.0 Å². The standard InChI is InChI=1S/C18H18F2N2O3/c19-14-6-4-13(5-7-14)12-25-15-8-10-21(11-9-15)17-3-1-2-16(20)18(17)22(23)24/h1-7,15H,8-12H2. The van der Waals surface area contributed by atoms with Gasteiger partial charge in [-0.3, -0.25) is 10.1 Å². The van der Waals surface area contributed by atoms with Crippen LogP contribution in [0.4, 0.5) is 20.2 Å². The highest BCUT2D eigenvalue weighted by atomic mass is 19.1. The number of para-hydroxylation sites is 1. The number of nitro groups is 1. The molecule has 0 unspecified atom stereocenters. The van der Waals surface area contributed by atoms with Crippen LogP contribution in [0.3, 0.4) is 0 Å². The van der Waals surface area contributed by atoms with Crippen molar-refractivity contribution in [3.8, 4) is 0 Å². The fourth-order valence-corrected chi connectivity index (χ4v) is 3.00. The summed E-state index contributed by atoms with van der Waals surface area (Å²) in [6, 6.07) is 10.3. The number of rotatable bonds is 5. The zero-order valence-corrected chi connectivity index (χ0v) is 13.5. The molecule has 0 N–H and O–H groups in total. The monoisotopic (exact) mass is 348 g/mol. The Labute approximate surface area is 144 Å². The highest BCUT2D eigenvalue weighted by molar-refractivity contribution is 5.64. The molecule has 7 heteroatoms. The Morgan fingerprint density at radius 2 is 1.80 bits per heavy atom. The third kappa shape index (κ3) is 4.11. The summed E-state index contributed by atoms with van der Waals surface area (Å²) in [5.41, 5.74) is 0.722. The fraction of sp³-hybridized carbons (Fsp3) is 0.333. The molecule has 3 rings (SSSR count). The Morgan fingerprint density at radius 3 is 2.44 bits per heavy atom. The van der Waals surface area contributed by atoms with E-state index in [1.54, 1.807) is 18.2 Å². The number of nitrogens with zero attached hydrogens (tertiary/aromatic N) is 2. The van der Waals surface area contributed by atoms with E-state index in [-0.39, 0.29) is 11.9 Å². The molecule has 2 aromatic carbocycles. The van der Waals surface area contributed by atoms with Gasteiger partial charge in [0.1, 0.15) is 11.5 Å². The minimum atomic E-state index is -0.822. The summed E-state index contributed by atoms with van der Waals surface area (Å²) in [6.07, 6.45) is 1.40. The van der Waals surface area contributed by atoms with E-state index in [0.717, 1.165) is 11.6 Å². The van der Waals surface area contributed by atoms with Gasteiger partial charge in [-0.2, -0.15) is 4.39 Å². The van der Waals surface area contributed by atoms with Gasteiger partial charge in [0.25, 0.3) is 0 Å². The van der Waals surface area contributed by atoms with Crippen LogP contribution in [0.25, 0.3) is 0 Å². The van der Waals surface area contributed by atoms with Crippen molar-refractivity contribution in [2.45, 2.75) is 25.6 Å². The molecule has 1 heterocycles. The minimum absolute atomic E-state index is 0.0221. The Morgan fingerprint density at radius 1 is 1.12 bits per heavy atom. The van der Waals surface area contributed by atoms with Crippen LogP contribution in [0.2, 0.25) is 0 Å². The molecule has 0 radical (unpaired) electrons. The van der Waals surface area contributed by atoms with Crippen LogP contribution in [-0.4, -0.2) is 24.1 Å². The lowest BCUT2D eigenvalue weighted by molar-refractivity contribution is -0.386. The first-order valence-corrected chi connectivity index (χ1v) is 8.08. The molecule has 0 aromatic heterocycles. The number of halogens is 2. The average Bonchev–Trinajstić information content (AvgIpc) is 2.61. The highest BCUT2D eigenvalue weighted by Gasteiger charge is 2.27. The normalized spacial score (nSPS) is 15.4. The van der Waals surface area contributed by atoms with E-state index < -0.39 is 16.4 Å². The first-order valence-electron chi connectivity index (χ1n) is 8.08. The number of ether oxygens (including phenoxy) is 1. The van der Waals surface area contributed by atoms with Crippen molar-refractivity contribution in [3.05, 3.63) is 69.8 Å². The minimum Gasteiger partial charge on any atom is -0.373 e. The first-order chi connectivity index (χ1) is 12.0. The van der Waals surface area contributed by atoms with E-state index in [9.17, 15) is 18.9 Å². The van der Waals surface area contributed by atoms with E-state index in [1.165, 1.54) is 18.2 Å². The molecule has 0 aliphatic carbocycles. The molecule has 1 aliphatic heterocycles. The molecular weight excluding hydrogens is 330 g/mol. The summed E-state index contributed by atoms with van der Waals surface area (Å²) >= 11 is 0. The van der Waals surface area contributed by atoms with Crippen molar-refractivity contribution >= 4 is 11.4 Å². The number of hydrogen-bond donors (Lipinski definition) is 0. The predicted octanol–water partition coefficient (Wildman–Crippen LogP) is 4.06. The van der Waals surface area contributed by atoms with E-state index >= 15 is 0 Å². The lowest BCUT2D eigenvalue weighted by Gasteiger charge is -2.33. The van der Waals surface area contributed by atoms with Crippen LogP contribution in [0.15, 0.2) is 42.5 Å². The molecular formula is C18H18F2N2O3. The number of piperidine rings is 1. The van der Waals surface area contributed by atoms with Gasteiger partial charge in [0.05, 0.1) is 17.6 Å². The number of nitro benzene ring substituents is 1. The maximum Gasteiger partial charge on any atom is 0.327 e. The zero-order valence-electron chi connectivity index (χ0n) is 13.5. The molecule has 0 bridgehead atoms. The van der Waals surface area contributed by atoms with Crippen LogP contribution >= 0.6 is 0 Å². The molecule has 2 aromatic rings. The third-order valence-electron chi connectivity index (χ3n) is 4.33. The van der Waals surface area contributed by atoms with Gasteiger partial charge in [0.15, 0.2) is 0 Å². The maximum atomic E-state index is 13.7. The molecule has 1 aliphatic rings. The number of hydrogen-bond acceptors (Lipinski definition) is 4. The van der Waals surface area contributed by atoms with Crippen molar-refractivity contribution in [2.24, 2.45) is 0 Å². The maximum absolute atomic E-state index is 13.7. The second-order valence-corrected chi connectivity index (χ2v) is 5.99. The smallest absolute Gasteiger partial charge is 0.327 e. The molecule has 1 fully saturated rings. The van der Waals surface area contributed by atoms with Gasteiger partial charge in [-0.1, -0.05) is 18.2 Å². The molecule has 0 amide bonds. The Balaban J connectivity index is 1.58. The quantitative estimate of drug-likeness (QED) is 0.604. The molecule has 25 heavy (non-hydrogen) atoms. The van der Waals surface area contributed by atoms with Crippen molar-refractivity contribution in [3.63, 3.8) is 0 Å². The van der Waals surface area contributed by atoms with E-state index in [2.05, 4.69) is 0 Å². The van der Waals surface area contributed by atoms with E-state index in [0.29, 0.717) is 38.2 Å². The lowest BCUT2D eigenvalue weighted by Crippen LogP contribution is -2.37. The molecule has 132 valence electrons. The number of anilines is 1. The van der Waals surface area contributed by atoms with Crippen LogP contribution in [0.1, 0.15) is 18.4 Å². The Kier molecular flexibility index (Phi) is 5.23. The fourth-order valence-electron chi connectivity index (χ4n) is 3.00. The van der Waals surface area contributed by atoms with Gasteiger partial charge in [-0.05, 0) is 42.7 Å². The van der Waals surface area contributed by atoms with Crippen LogP contribution in [0, 0.1) is 21.7 Å². The van der Waals surface area contributed by atoms with Gasteiger partial charge < -0.3 is 9.64 Å². The van der Waals surface area contributed by atoms with Gasteiger partial charge in [-0.25, -0.2) is 4.39 Å². The van der Waals surface area contributed by atoms with Crippen LogP contribution in [0.5, 0.6) is 0 Å². The largest absolute Gasteiger partial charge is 0.373 e. The lowest BCUT2D eigenvalue weighted by atomic mass is 10.1. The molecule has 0 saturated carbocycles. The Hall–Kier alpha value is -2.54. The summed E-state index contributed by atoms with van der Waals surface area (Å²) in [7, 11) is 0. The SMILES string of the molecule is O=[N+]([O-])c1c(F)cccc1N1CCC(OCc2ccc(F)cc2)CC1. The predicted molar refractivity (Wildman–Crippen MR) is 89.5 cm³/mol. The summed E-state index contributed by atoms with van der Waals surface area (Å²) in [5, 5.41) is 11.1. The topological polar surface area (TPSA) is 55.6 Å². The molecule has 5 nitrogen and oxygen atoms in total.